The van der Waals surface area contributed by atoms with Gasteiger partial charge in [0.1, 0.15) is 13.2 Å². The van der Waals surface area contributed by atoms with Crippen LogP contribution in [0.4, 0.5) is 0 Å². The van der Waals surface area contributed by atoms with Crippen LogP contribution >= 0.6 is 0 Å². The van der Waals surface area contributed by atoms with Crippen LogP contribution in [-0.4, -0.2) is 36.6 Å². The van der Waals surface area contributed by atoms with E-state index in [9.17, 15) is 4.79 Å². The second-order valence-corrected chi connectivity index (χ2v) is 5.41. The highest BCUT2D eigenvalue weighted by atomic mass is 16.6. The summed E-state index contributed by atoms with van der Waals surface area (Å²) < 4.78 is 11.0. The zero-order valence-corrected chi connectivity index (χ0v) is 12.3. The minimum atomic E-state index is -0.817. The third-order valence-electron chi connectivity index (χ3n) is 3.60. The Hall–Kier alpha value is -1.75. The fourth-order valence-corrected chi connectivity index (χ4v) is 2.12. The van der Waals surface area contributed by atoms with E-state index in [2.05, 4.69) is 0 Å². The van der Waals surface area contributed by atoms with E-state index in [1.807, 2.05) is 25.1 Å². The van der Waals surface area contributed by atoms with Crippen LogP contribution in [0.1, 0.15) is 25.8 Å². The zero-order chi connectivity index (χ0) is 14.8. The molecule has 1 aromatic rings. The number of benzene rings is 1. The number of likely N-dealkylation sites (N-methyl/N-ethyl adjacent to an activating group) is 1. The SMILES string of the molecule is CCC(C)(N)C(=O)N(C)Cc1ccc2c(c1)OCCO2. The molecule has 1 heterocycles. The number of amides is 1. The lowest BCUT2D eigenvalue weighted by Crippen LogP contribution is -2.51. The fourth-order valence-electron chi connectivity index (χ4n) is 2.12. The first kappa shape index (κ1) is 14.7. The highest BCUT2D eigenvalue weighted by Crippen LogP contribution is 2.31. The molecular formula is C15H22N2O3. The Kier molecular flexibility index (Phi) is 4.18. The average molecular weight is 278 g/mol. The summed E-state index contributed by atoms with van der Waals surface area (Å²) in [7, 11) is 1.76. The molecule has 20 heavy (non-hydrogen) atoms. The van der Waals surface area contributed by atoms with Gasteiger partial charge in [0.05, 0.1) is 5.54 Å². The van der Waals surface area contributed by atoms with Gasteiger partial charge in [-0.25, -0.2) is 0 Å². The molecule has 0 radical (unpaired) electrons. The number of ether oxygens (including phenoxy) is 2. The van der Waals surface area contributed by atoms with Crippen LogP contribution in [0.15, 0.2) is 18.2 Å². The van der Waals surface area contributed by atoms with Gasteiger partial charge >= 0.3 is 0 Å². The Morgan fingerprint density at radius 1 is 1.35 bits per heavy atom. The summed E-state index contributed by atoms with van der Waals surface area (Å²) in [5, 5.41) is 0. The largest absolute Gasteiger partial charge is 0.486 e. The molecule has 0 aliphatic carbocycles. The Balaban J connectivity index is 2.08. The first-order valence-electron chi connectivity index (χ1n) is 6.87. The number of hydrogen-bond donors (Lipinski definition) is 1. The Bertz CT molecular complexity index is 500. The predicted molar refractivity (Wildman–Crippen MR) is 76.8 cm³/mol. The summed E-state index contributed by atoms with van der Waals surface area (Å²) >= 11 is 0. The molecule has 110 valence electrons. The van der Waals surface area contributed by atoms with Gasteiger partial charge in [-0.2, -0.15) is 0 Å². The summed E-state index contributed by atoms with van der Waals surface area (Å²) in [5.74, 6) is 1.43. The van der Waals surface area contributed by atoms with Crippen LogP contribution in [0.25, 0.3) is 0 Å². The van der Waals surface area contributed by atoms with Crippen LogP contribution in [0.5, 0.6) is 11.5 Å². The quantitative estimate of drug-likeness (QED) is 0.907. The Morgan fingerprint density at radius 2 is 2.00 bits per heavy atom. The first-order valence-corrected chi connectivity index (χ1v) is 6.87. The van der Waals surface area contributed by atoms with Crippen molar-refractivity contribution in [2.45, 2.75) is 32.4 Å². The molecule has 0 saturated carbocycles. The number of rotatable bonds is 4. The summed E-state index contributed by atoms with van der Waals surface area (Å²) in [6.07, 6.45) is 0.608. The number of carbonyl (C=O) groups is 1. The number of nitrogens with zero attached hydrogens (tertiary/aromatic N) is 1. The monoisotopic (exact) mass is 278 g/mol. The standard InChI is InChI=1S/C15H22N2O3/c1-4-15(2,16)14(18)17(3)10-11-5-6-12-13(9-11)20-8-7-19-12/h5-6,9H,4,7-8,10,16H2,1-3H3. The lowest BCUT2D eigenvalue weighted by Gasteiger charge is -2.28. The molecule has 5 nitrogen and oxygen atoms in total. The molecule has 0 aromatic heterocycles. The second kappa shape index (κ2) is 5.71. The third kappa shape index (κ3) is 3.04. The molecule has 2 rings (SSSR count). The van der Waals surface area contributed by atoms with Gasteiger partial charge in [-0.05, 0) is 31.0 Å². The van der Waals surface area contributed by atoms with Crippen molar-refractivity contribution in [3.8, 4) is 11.5 Å². The summed E-state index contributed by atoms with van der Waals surface area (Å²) in [6, 6.07) is 5.73. The molecule has 1 unspecified atom stereocenters. The van der Waals surface area contributed by atoms with Gasteiger partial charge in [-0.15, -0.1) is 0 Å². The highest BCUT2D eigenvalue weighted by Gasteiger charge is 2.29. The maximum Gasteiger partial charge on any atom is 0.242 e. The van der Waals surface area contributed by atoms with E-state index in [1.54, 1.807) is 18.9 Å². The molecular weight excluding hydrogens is 256 g/mol. The highest BCUT2D eigenvalue weighted by molar-refractivity contribution is 5.85. The molecule has 5 heteroatoms. The normalized spacial score (nSPS) is 16.4. The topological polar surface area (TPSA) is 64.8 Å². The van der Waals surface area contributed by atoms with Crippen molar-refractivity contribution >= 4 is 5.91 Å². The van der Waals surface area contributed by atoms with Crippen molar-refractivity contribution < 1.29 is 14.3 Å². The van der Waals surface area contributed by atoms with Gasteiger partial charge in [0.15, 0.2) is 11.5 Å². The molecule has 0 spiro atoms. The van der Waals surface area contributed by atoms with Crippen LogP contribution < -0.4 is 15.2 Å². The zero-order valence-electron chi connectivity index (χ0n) is 12.3. The van der Waals surface area contributed by atoms with Crippen molar-refractivity contribution in [3.63, 3.8) is 0 Å². The van der Waals surface area contributed by atoms with Crippen LogP contribution in [0, 0.1) is 0 Å². The van der Waals surface area contributed by atoms with E-state index in [-0.39, 0.29) is 5.91 Å². The van der Waals surface area contributed by atoms with Gasteiger partial charge in [0, 0.05) is 13.6 Å². The fraction of sp³-hybridized carbons (Fsp3) is 0.533. The third-order valence-corrected chi connectivity index (χ3v) is 3.60. The minimum absolute atomic E-state index is 0.0603. The van der Waals surface area contributed by atoms with Gasteiger partial charge < -0.3 is 20.1 Å². The second-order valence-electron chi connectivity index (χ2n) is 5.41. The van der Waals surface area contributed by atoms with Crippen molar-refractivity contribution in [1.82, 2.24) is 4.90 Å². The molecule has 2 N–H and O–H groups in total. The van der Waals surface area contributed by atoms with Gasteiger partial charge in [0.2, 0.25) is 5.91 Å². The van der Waals surface area contributed by atoms with E-state index in [4.69, 9.17) is 15.2 Å². The summed E-state index contributed by atoms with van der Waals surface area (Å²) in [4.78, 5) is 13.9. The number of fused-ring (bicyclic) bond motifs is 1. The van der Waals surface area contributed by atoms with Gasteiger partial charge in [-0.1, -0.05) is 13.0 Å². The van der Waals surface area contributed by atoms with Crippen molar-refractivity contribution in [2.24, 2.45) is 5.73 Å². The molecule has 0 fully saturated rings. The maximum atomic E-state index is 12.2. The van der Waals surface area contributed by atoms with E-state index < -0.39 is 5.54 Å². The van der Waals surface area contributed by atoms with Crippen molar-refractivity contribution in [3.05, 3.63) is 23.8 Å². The molecule has 1 aliphatic heterocycles. The summed E-state index contributed by atoms with van der Waals surface area (Å²) in [5.41, 5.74) is 6.17. The van der Waals surface area contributed by atoms with E-state index >= 15 is 0 Å². The van der Waals surface area contributed by atoms with Gasteiger partial charge in [-0.3, -0.25) is 4.79 Å². The molecule has 1 aliphatic rings. The van der Waals surface area contributed by atoms with Crippen molar-refractivity contribution in [2.75, 3.05) is 20.3 Å². The number of carbonyl (C=O) groups excluding carboxylic acids is 1. The van der Waals surface area contributed by atoms with Gasteiger partial charge in [0.25, 0.3) is 0 Å². The Labute approximate surface area is 119 Å². The molecule has 0 bridgehead atoms. The number of hydrogen-bond acceptors (Lipinski definition) is 4. The minimum Gasteiger partial charge on any atom is -0.486 e. The maximum absolute atomic E-state index is 12.2. The van der Waals surface area contributed by atoms with E-state index in [1.165, 1.54) is 0 Å². The Morgan fingerprint density at radius 3 is 2.65 bits per heavy atom. The number of nitrogens with two attached hydrogens (primary N) is 1. The predicted octanol–water partition coefficient (Wildman–Crippen LogP) is 1.54. The average Bonchev–Trinajstić information content (AvgIpc) is 2.46. The molecule has 0 saturated heterocycles. The lowest BCUT2D eigenvalue weighted by molar-refractivity contribution is -0.135. The first-order chi connectivity index (χ1) is 9.44. The summed E-state index contributed by atoms with van der Waals surface area (Å²) in [6.45, 7) is 5.31. The van der Waals surface area contributed by atoms with Crippen LogP contribution in [0.2, 0.25) is 0 Å². The van der Waals surface area contributed by atoms with Crippen molar-refractivity contribution in [1.29, 1.82) is 0 Å². The van der Waals surface area contributed by atoms with E-state index in [0.29, 0.717) is 26.2 Å². The molecule has 1 amide bonds. The lowest BCUT2D eigenvalue weighted by atomic mass is 9.98. The van der Waals surface area contributed by atoms with Crippen LogP contribution in [-0.2, 0) is 11.3 Å². The van der Waals surface area contributed by atoms with E-state index in [0.717, 1.165) is 17.1 Å². The molecule has 1 aromatic carbocycles. The van der Waals surface area contributed by atoms with Crippen LogP contribution in [0.3, 0.4) is 0 Å². The smallest absolute Gasteiger partial charge is 0.242 e. The molecule has 1 atom stereocenters.